The average molecular weight is 352 g/mol. The molecule has 1 fully saturated rings. The van der Waals surface area contributed by atoms with Crippen molar-refractivity contribution >= 4 is 35.0 Å². The third-order valence-corrected chi connectivity index (χ3v) is 4.06. The number of piperazine rings is 1. The van der Waals surface area contributed by atoms with E-state index in [1.54, 1.807) is 11.0 Å². The maximum Gasteiger partial charge on any atom is 0.410 e. The van der Waals surface area contributed by atoms with Crippen LogP contribution in [0.3, 0.4) is 0 Å². The number of anilines is 1. The lowest BCUT2D eigenvalue weighted by atomic mass is 10.2. The van der Waals surface area contributed by atoms with Gasteiger partial charge in [0.2, 0.25) is 0 Å². The van der Waals surface area contributed by atoms with Crippen LogP contribution < -0.4 is 4.90 Å². The second-order valence-electron chi connectivity index (χ2n) is 6.88. The van der Waals surface area contributed by atoms with Crippen LogP contribution in [0.2, 0.25) is 0 Å². The van der Waals surface area contributed by atoms with E-state index in [1.807, 2.05) is 25.7 Å². The number of rotatable bonds is 1. The highest BCUT2D eigenvalue weighted by Gasteiger charge is 2.27. The number of aromatic amines is 2. The van der Waals surface area contributed by atoms with Gasteiger partial charge in [0.1, 0.15) is 11.4 Å². The zero-order chi connectivity index (χ0) is 17.5. The van der Waals surface area contributed by atoms with Gasteiger partial charge in [0.25, 0.3) is 0 Å². The second-order valence-corrected chi connectivity index (χ2v) is 7.29. The van der Waals surface area contributed by atoms with Crippen LogP contribution in [0.1, 0.15) is 20.8 Å². The molecule has 2 N–H and O–H groups in total. The number of nitrogens with zero attached hydrogens (tertiary/aromatic N) is 2. The molecular weight excluding hydrogens is 331 g/mol. The molecular formula is C16H21FN4O2S. The minimum Gasteiger partial charge on any atom is -0.444 e. The van der Waals surface area contributed by atoms with Crippen molar-refractivity contribution in [1.29, 1.82) is 0 Å². The Morgan fingerprint density at radius 3 is 2.33 bits per heavy atom. The van der Waals surface area contributed by atoms with Crippen LogP contribution in [0.4, 0.5) is 14.9 Å². The number of amides is 1. The summed E-state index contributed by atoms with van der Waals surface area (Å²) in [6.07, 6.45) is -0.326. The summed E-state index contributed by atoms with van der Waals surface area (Å²) in [5.41, 5.74) is 1.41. The van der Waals surface area contributed by atoms with E-state index < -0.39 is 5.60 Å². The molecule has 0 radical (unpaired) electrons. The van der Waals surface area contributed by atoms with Crippen LogP contribution in [0.25, 0.3) is 11.0 Å². The van der Waals surface area contributed by atoms with E-state index in [1.165, 1.54) is 6.07 Å². The van der Waals surface area contributed by atoms with E-state index in [0.29, 0.717) is 42.2 Å². The second kappa shape index (κ2) is 6.08. The summed E-state index contributed by atoms with van der Waals surface area (Å²) in [7, 11) is 0. The van der Waals surface area contributed by atoms with E-state index >= 15 is 0 Å². The molecule has 130 valence electrons. The van der Waals surface area contributed by atoms with Gasteiger partial charge in [-0.2, -0.15) is 0 Å². The molecule has 0 aliphatic carbocycles. The number of imidazole rings is 1. The molecule has 1 aliphatic rings. The lowest BCUT2D eigenvalue weighted by Crippen LogP contribution is -2.50. The molecule has 24 heavy (non-hydrogen) atoms. The maximum atomic E-state index is 14.4. The van der Waals surface area contributed by atoms with E-state index in [0.717, 1.165) is 5.52 Å². The molecule has 1 amide bonds. The Morgan fingerprint density at radius 1 is 1.17 bits per heavy atom. The summed E-state index contributed by atoms with van der Waals surface area (Å²) in [5, 5.41) is 0. The number of H-pyrrole nitrogens is 2. The van der Waals surface area contributed by atoms with Crippen molar-refractivity contribution in [3.8, 4) is 0 Å². The first-order chi connectivity index (χ1) is 11.2. The van der Waals surface area contributed by atoms with Crippen LogP contribution in [-0.2, 0) is 4.74 Å². The minimum atomic E-state index is -0.516. The third kappa shape index (κ3) is 3.53. The normalized spacial score (nSPS) is 15.8. The molecule has 2 aromatic rings. The highest BCUT2D eigenvalue weighted by molar-refractivity contribution is 7.71. The van der Waals surface area contributed by atoms with Gasteiger partial charge >= 0.3 is 6.09 Å². The standard InChI is InChI=1S/C16H21FN4O2S/c1-16(2,3)23-15(22)21-6-4-20(5-7-21)13-9-12-11(8-10(13)17)18-14(24)19-12/h8-9H,4-7H2,1-3H3,(H2,18,19,24). The van der Waals surface area contributed by atoms with E-state index in [4.69, 9.17) is 17.0 Å². The number of halogens is 1. The number of carbonyl (C=O) groups is 1. The topological polar surface area (TPSA) is 64.4 Å². The Hall–Kier alpha value is -2.09. The number of hydrogen-bond acceptors (Lipinski definition) is 4. The molecule has 1 saturated heterocycles. The van der Waals surface area contributed by atoms with Gasteiger partial charge in [-0.05, 0) is 39.1 Å². The van der Waals surface area contributed by atoms with Gasteiger partial charge in [-0.3, -0.25) is 0 Å². The Morgan fingerprint density at radius 2 is 1.75 bits per heavy atom. The van der Waals surface area contributed by atoms with Crippen molar-refractivity contribution in [2.45, 2.75) is 26.4 Å². The number of carbonyl (C=O) groups excluding carboxylic acids is 1. The van der Waals surface area contributed by atoms with Gasteiger partial charge in [0, 0.05) is 32.2 Å². The minimum absolute atomic E-state index is 0.307. The molecule has 2 heterocycles. The van der Waals surface area contributed by atoms with Crippen LogP contribution in [0.5, 0.6) is 0 Å². The fraction of sp³-hybridized carbons (Fsp3) is 0.500. The van der Waals surface area contributed by atoms with Crippen molar-refractivity contribution in [3.63, 3.8) is 0 Å². The Bertz CT molecular complexity index is 816. The number of aromatic nitrogens is 2. The molecule has 0 saturated carbocycles. The Labute approximate surface area is 144 Å². The fourth-order valence-electron chi connectivity index (χ4n) is 2.74. The fourth-order valence-corrected chi connectivity index (χ4v) is 2.96. The van der Waals surface area contributed by atoms with Gasteiger partial charge in [-0.25, -0.2) is 9.18 Å². The largest absolute Gasteiger partial charge is 0.444 e. The smallest absolute Gasteiger partial charge is 0.410 e. The zero-order valence-electron chi connectivity index (χ0n) is 14.0. The summed E-state index contributed by atoms with van der Waals surface area (Å²) in [6, 6.07) is 3.19. The van der Waals surface area contributed by atoms with Crippen LogP contribution in [0.15, 0.2) is 12.1 Å². The number of benzene rings is 1. The predicted octanol–water partition coefficient (Wildman–Crippen LogP) is 3.42. The van der Waals surface area contributed by atoms with E-state index in [9.17, 15) is 9.18 Å². The highest BCUT2D eigenvalue weighted by Crippen LogP contribution is 2.25. The SMILES string of the molecule is CC(C)(C)OC(=O)N1CCN(c2cc3[nH]c(=S)[nH]c3cc2F)CC1. The van der Waals surface area contributed by atoms with Gasteiger partial charge in [0.15, 0.2) is 4.77 Å². The lowest BCUT2D eigenvalue weighted by molar-refractivity contribution is 0.0240. The molecule has 1 aromatic heterocycles. The lowest BCUT2D eigenvalue weighted by Gasteiger charge is -2.36. The molecule has 0 bridgehead atoms. The Balaban J connectivity index is 1.71. The van der Waals surface area contributed by atoms with Crippen LogP contribution in [0, 0.1) is 10.6 Å². The number of ether oxygens (including phenoxy) is 1. The molecule has 6 nitrogen and oxygen atoms in total. The molecule has 3 rings (SSSR count). The third-order valence-electron chi connectivity index (χ3n) is 3.86. The highest BCUT2D eigenvalue weighted by atomic mass is 32.1. The van der Waals surface area contributed by atoms with Crippen molar-refractivity contribution in [2.24, 2.45) is 0 Å². The molecule has 1 aliphatic heterocycles. The van der Waals surface area contributed by atoms with Gasteiger partial charge in [-0.1, -0.05) is 0 Å². The summed E-state index contributed by atoms with van der Waals surface area (Å²) in [5.74, 6) is -0.307. The summed E-state index contributed by atoms with van der Waals surface area (Å²) < 4.78 is 20.2. The molecule has 8 heteroatoms. The molecule has 0 unspecified atom stereocenters. The first-order valence-corrected chi connectivity index (χ1v) is 8.28. The Kier molecular flexibility index (Phi) is 4.25. The van der Waals surface area contributed by atoms with E-state index in [2.05, 4.69) is 9.97 Å². The number of nitrogens with one attached hydrogen (secondary N) is 2. The van der Waals surface area contributed by atoms with Gasteiger partial charge in [0.05, 0.1) is 16.7 Å². The van der Waals surface area contributed by atoms with Crippen LogP contribution in [-0.4, -0.2) is 52.7 Å². The van der Waals surface area contributed by atoms with Gasteiger partial charge in [-0.15, -0.1) is 0 Å². The summed E-state index contributed by atoms with van der Waals surface area (Å²) in [4.78, 5) is 21.6. The van der Waals surface area contributed by atoms with E-state index in [-0.39, 0.29) is 11.9 Å². The molecule has 1 aromatic carbocycles. The average Bonchev–Trinajstić information content (AvgIpc) is 2.84. The number of hydrogen-bond donors (Lipinski definition) is 2. The first kappa shape index (κ1) is 16.8. The predicted molar refractivity (Wildman–Crippen MR) is 93.5 cm³/mol. The monoisotopic (exact) mass is 352 g/mol. The summed E-state index contributed by atoms with van der Waals surface area (Å²) >= 11 is 5.04. The van der Waals surface area contributed by atoms with Crippen molar-refractivity contribution in [1.82, 2.24) is 14.9 Å². The first-order valence-electron chi connectivity index (χ1n) is 7.87. The molecule has 0 spiro atoms. The van der Waals surface area contributed by atoms with Crippen LogP contribution >= 0.6 is 12.2 Å². The van der Waals surface area contributed by atoms with Crippen molar-refractivity contribution in [3.05, 3.63) is 22.7 Å². The quantitative estimate of drug-likeness (QED) is 0.772. The molecule has 0 atom stereocenters. The van der Waals surface area contributed by atoms with Crippen molar-refractivity contribution < 1.29 is 13.9 Å². The number of fused-ring (bicyclic) bond motifs is 1. The van der Waals surface area contributed by atoms with Crippen molar-refractivity contribution in [2.75, 3.05) is 31.1 Å². The van der Waals surface area contributed by atoms with Gasteiger partial charge < -0.3 is 24.5 Å². The zero-order valence-corrected chi connectivity index (χ0v) is 14.8. The summed E-state index contributed by atoms with van der Waals surface area (Å²) in [6.45, 7) is 7.61. The maximum absolute atomic E-state index is 14.4.